The van der Waals surface area contributed by atoms with Gasteiger partial charge < -0.3 is 0 Å². The number of aromatic nitrogens is 3. The van der Waals surface area contributed by atoms with Gasteiger partial charge in [-0.05, 0) is 37.1 Å². The first kappa shape index (κ1) is 23.7. The Balaban J connectivity index is 1.42. The van der Waals surface area contributed by atoms with Gasteiger partial charge in [-0.3, -0.25) is 25.2 Å². The van der Waals surface area contributed by atoms with Crippen molar-refractivity contribution in [3.05, 3.63) is 86.8 Å². The minimum atomic E-state index is -0.596. The van der Waals surface area contributed by atoms with Crippen LogP contribution in [-0.2, 0) is 12.3 Å². The number of hydrogen-bond donors (Lipinski definition) is 2. The Morgan fingerprint density at radius 2 is 1.74 bits per heavy atom. The Kier molecular flexibility index (Phi) is 7.39. The smallest absolute Gasteiger partial charge is 0.267 e. The number of aryl methyl sites for hydroxylation is 2. The van der Waals surface area contributed by atoms with Crippen LogP contribution >= 0.6 is 23.1 Å². The number of hydrazine groups is 1. The molecule has 2 aromatic carbocycles. The lowest BCUT2D eigenvalue weighted by atomic mass is 10.1. The minimum absolute atomic E-state index is 0.0775. The summed E-state index contributed by atoms with van der Waals surface area (Å²) in [5, 5.41) is 7.09. The van der Waals surface area contributed by atoms with Crippen LogP contribution in [0.2, 0.25) is 0 Å². The second kappa shape index (κ2) is 10.6. The number of hydrogen-bond acceptors (Lipinski definition) is 7. The average molecular weight is 494 g/mol. The van der Waals surface area contributed by atoms with Gasteiger partial charge in [0, 0.05) is 34.3 Å². The van der Waals surface area contributed by atoms with Crippen molar-refractivity contribution in [3.63, 3.8) is 0 Å². The van der Waals surface area contributed by atoms with Crippen LogP contribution in [0.15, 0.2) is 63.0 Å². The molecule has 0 unspecified atom stereocenters. The third-order valence-corrected chi connectivity index (χ3v) is 7.19. The number of amides is 2. The van der Waals surface area contributed by atoms with Gasteiger partial charge in [0.25, 0.3) is 17.4 Å². The van der Waals surface area contributed by atoms with Crippen molar-refractivity contribution < 1.29 is 9.59 Å². The van der Waals surface area contributed by atoms with Gasteiger partial charge in [0.15, 0.2) is 5.69 Å². The van der Waals surface area contributed by atoms with Crippen LogP contribution in [-0.4, -0.2) is 26.6 Å². The lowest BCUT2D eigenvalue weighted by Gasteiger charge is -2.11. The number of nitrogens with one attached hydrogen (secondary N) is 2. The monoisotopic (exact) mass is 493 g/mol. The van der Waals surface area contributed by atoms with E-state index >= 15 is 0 Å². The zero-order valence-electron chi connectivity index (χ0n) is 18.7. The number of fused-ring (bicyclic) bond motifs is 1. The van der Waals surface area contributed by atoms with Gasteiger partial charge >= 0.3 is 0 Å². The minimum Gasteiger partial charge on any atom is -0.267 e. The summed E-state index contributed by atoms with van der Waals surface area (Å²) in [4.78, 5) is 42.4. The number of rotatable bonds is 7. The molecule has 0 spiro atoms. The van der Waals surface area contributed by atoms with Crippen molar-refractivity contribution in [1.82, 2.24) is 25.6 Å². The van der Waals surface area contributed by atoms with E-state index in [9.17, 15) is 14.4 Å². The molecule has 34 heavy (non-hydrogen) atoms. The zero-order chi connectivity index (χ0) is 24.1. The predicted molar refractivity (Wildman–Crippen MR) is 134 cm³/mol. The van der Waals surface area contributed by atoms with Gasteiger partial charge in [0.2, 0.25) is 0 Å². The summed E-state index contributed by atoms with van der Waals surface area (Å²) in [5.74, 6) is -0.298. The SMILES string of the molecule is CCCn1nc(C(=O)NNC(=O)c2ccc(CSc3nc(C)cs3)cc2)c2ccccc2c1=O. The molecule has 4 aromatic rings. The zero-order valence-corrected chi connectivity index (χ0v) is 20.3. The maximum atomic E-state index is 12.8. The molecule has 0 radical (unpaired) electrons. The first-order chi connectivity index (χ1) is 16.5. The van der Waals surface area contributed by atoms with E-state index in [0.29, 0.717) is 29.3 Å². The van der Waals surface area contributed by atoms with Crippen LogP contribution < -0.4 is 16.4 Å². The number of carbonyl (C=O) groups is 2. The highest BCUT2D eigenvalue weighted by molar-refractivity contribution is 8.00. The molecule has 0 atom stereocenters. The van der Waals surface area contributed by atoms with Crippen molar-refractivity contribution in [2.45, 2.75) is 36.9 Å². The maximum Gasteiger partial charge on any atom is 0.290 e. The largest absolute Gasteiger partial charge is 0.290 e. The second-order valence-corrected chi connectivity index (χ2v) is 9.65. The fourth-order valence-electron chi connectivity index (χ4n) is 3.31. The van der Waals surface area contributed by atoms with E-state index in [1.54, 1.807) is 59.5 Å². The molecule has 10 heteroatoms. The lowest BCUT2D eigenvalue weighted by molar-refractivity contribution is 0.0843. The van der Waals surface area contributed by atoms with Crippen LogP contribution in [0.3, 0.4) is 0 Å². The number of carbonyl (C=O) groups excluding carboxylic acids is 2. The van der Waals surface area contributed by atoms with Crippen molar-refractivity contribution in [2.75, 3.05) is 0 Å². The first-order valence-corrected chi connectivity index (χ1v) is 12.6. The second-order valence-electron chi connectivity index (χ2n) is 7.57. The van der Waals surface area contributed by atoms with E-state index in [4.69, 9.17) is 0 Å². The standard InChI is InChI=1S/C24H23N5O3S2/c1-3-12-29-23(32)19-7-5-4-6-18(19)20(28-29)22(31)27-26-21(30)17-10-8-16(9-11-17)14-34-24-25-15(2)13-33-24/h4-11,13H,3,12,14H2,1-2H3,(H,26,30)(H,27,31). The molecular weight excluding hydrogens is 470 g/mol. The lowest BCUT2D eigenvalue weighted by Crippen LogP contribution is -2.42. The molecule has 2 amide bonds. The number of thioether (sulfide) groups is 1. The highest BCUT2D eigenvalue weighted by atomic mass is 32.2. The van der Waals surface area contributed by atoms with E-state index in [0.717, 1.165) is 21.3 Å². The highest BCUT2D eigenvalue weighted by Gasteiger charge is 2.17. The summed E-state index contributed by atoms with van der Waals surface area (Å²) >= 11 is 3.26. The van der Waals surface area contributed by atoms with Crippen LogP contribution in [0.1, 0.15) is 45.4 Å². The van der Waals surface area contributed by atoms with E-state index in [1.807, 2.05) is 31.4 Å². The molecule has 0 saturated heterocycles. The third kappa shape index (κ3) is 5.35. The highest BCUT2D eigenvalue weighted by Crippen LogP contribution is 2.26. The van der Waals surface area contributed by atoms with E-state index in [1.165, 1.54) is 4.68 Å². The van der Waals surface area contributed by atoms with E-state index < -0.39 is 11.8 Å². The van der Waals surface area contributed by atoms with Crippen LogP contribution in [0.4, 0.5) is 0 Å². The molecule has 0 aliphatic heterocycles. The molecule has 0 aliphatic rings. The average Bonchev–Trinajstić information content (AvgIpc) is 3.28. The van der Waals surface area contributed by atoms with Crippen LogP contribution in [0, 0.1) is 6.92 Å². The normalized spacial score (nSPS) is 10.9. The van der Waals surface area contributed by atoms with Gasteiger partial charge in [-0.25, -0.2) is 9.67 Å². The Morgan fingerprint density at radius 1 is 1.03 bits per heavy atom. The molecule has 2 N–H and O–H groups in total. The summed E-state index contributed by atoms with van der Waals surface area (Å²) in [7, 11) is 0. The van der Waals surface area contributed by atoms with E-state index in [-0.39, 0.29) is 11.3 Å². The number of thiazole rings is 1. The Labute approximate surface area is 204 Å². The fourth-order valence-corrected chi connectivity index (χ4v) is 5.11. The Hall–Kier alpha value is -3.50. The quantitative estimate of drug-likeness (QED) is 0.298. The summed E-state index contributed by atoms with van der Waals surface area (Å²) in [6.07, 6.45) is 0.695. The molecule has 2 aromatic heterocycles. The maximum absolute atomic E-state index is 12.8. The van der Waals surface area contributed by atoms with Crippen LogP contribution in [0.25, 0.3) is 10.8 Å². The van der Waals surface area contributed by atoms with Gasteiger partial charge in [0.1, 0.15) is 4.34 Å². The topological polar surface area (TPSA) is 106 Å². The summed E-state index contributed by atoms with van der Waals surface area (Å²) < 4.78 is 2.29. The summed E-state index contributed by atoms with van der Waals surface area (Å²) in [6.45, 7) is 4.28. The molecule has 0 aliphatic carbocycles. The first-order valence-electron chi connectivity index (χ1n) is 10.7. The molecule has 0 bridgehead atoms. The molecule has 8 nitrogen and oxygen atoms in total. The van der Waals surface area contributed by atoms with Crippen molar-refractivity contribution >= 4 is 45.7 Å². The molecule has 0 fully saturated rings. The summed E-state index contributed by atoms with van der Waals surface area (Å²) in [5.41, 5.74) is 7.15. The van der Waals surface area contributed by atoms with Crippen molar-refractivity contribution in [1.29, 1.82) is 0 Å². The van der Waals surface area contributed by atoms with Crippen molar-refractivity contribution in [2.24, 2.45) is 0 Å². The summed E-state index contributed by atoms with van der Waals surface area (Å²) in [6, 6.07) is 14.0. The van der Waals surface area contributed by atoms with Gasteiger partial charge in [-0.2, -0.15) is 5.10 Å². The van der Waals surface area contributed by atoms with Gasteiger partial charge in [0.05, 0.1) is 5.39 Å². The molecule has 174 valence electrons. The third-order valence-electron chi connectivity index (χ3n) is 4.98. The number of benzene rings is 2. The van der Waals surface area contributed by atoms with Crippen LogP contribution in [0.5, 0.6) is 0 Å². The fraction of sp³-hybridized carbons (Fsp3) is 0.208. The van der Waals surface area contributed by atoms with Gasteiger partial charge in [-0.15, -0.1) is 11.3 Å². The van der Waals surface area contributed by atoms with Crippen molar-refractivity contribution in [3.8, 4) is 0 Å². The van der Waals surface area contributed by atoms with E-state index in [2.05, 4.69) is 20.9 Å². The molecule has 0 saturated carbocycles. The molecule has 4 rings (SSSR count). The Bertz CT molecular complexity index is 1400. The Morgan fingerprint density at radius 3 is 2.41 bits per heavy atom. The predicted octanol–water partition coefficient (Wildman–Crippen LogP) is 3.94. The van der Waals surface area contributed by atoms with Gasteiger partial charge in [-0.1, -0.05) is 49.0 Å². The molecule has 2 heterocycles. The molecular formula is C24H23N5O3S2. The number of nitrogens with zero attached hydrogens (tertiary/aromatic N) is 3.